The van der Waals surface area contributed by atoms with Crippen molar-refractivity contribution in [3.63, 3.8) is 0 Å². The predicted octanol–water partition coefficient (Wildman–Crippen LogP) is 5.46. The molecule has 82 valence electrons. The minimum absolute atomic E-state index is 0.288. The van der Waals surface area contributed by atoms with Gasteiger partial charge in [0.2, 0.25) is 0 Å². The number of hydrogen-bond acceptors (Lipinski definition) is 0. The minimum atomic E-state index is 0.288. The molecule has 0 aliphatic carbocycles. The van der Waals surface area contributed by atoms with Gasteiger partial charge in [0.1, 0.15) is 0 Å². The third-order valence-corrected chi connectivity index (χ3v) is 2.92. The van der Waals surface area contributed by atoms with E-state index in [9.17, 15) is 0 Å². The van der Waals surface area contributed by atoms with Crippen LogP contribution in [-0.4, -0.2) is 5.38 Å². The Morgan fingerprint density at radius 2 is 2.14 bits per heavy atom. The Morgan fingerprint density at radius 1 is 1.50 bits per heavy atom. The molecule has 0 saturated heterocycles. The smallest absolute Gasteiger partial charge is 0.0310 e. The Morgan fingerprint density at radius 3 is 2.64 bits per heavy atom. The molecular formula is C12H20ClI. The summed E-state index contributed by atoms with van der Waals surface area (Å²) in [6.07, 6.45) is 9.12. The van der Waals surface area contributed by atoms with Crippen molar-refractivity contribution in [2.75, 3.05) is 0 Å². The number of rotatable bonds is 6. The van der Waals surface area contributed by atoms with Gasteiger partial charge in [-0.1, -0.05) is 31.1 Å². The largest absolute Gasteiger partial charge is 0.123 e. The van der Waals surface area contributed by atoms with Crippen LogP contribution >= 0.6 is 34.2 Å². The summed E-state index contributed by atoms with van der Waals surface area (Å²) in [6.45, 7) is 6.43. The molecule has 0 aliphatic rings. The number of hydrogen-bond donors (Lipinski definition) is 0. The zero-order valence-corrected chi connectivity index (χ0v) is 12.2. The SMILES string of the molecule is CCC/C=C(I)\C=C(/C)CCC(C)Cl. The predicted molar refractivity (Wildman–Crippen MR) is 75.3 cm³/mol. The number of alkyl halides is 1. The molecule has 1 unspecified atom stereocenters. The second-order valence-electron chi connectivity index (χ2n) is 3.69. The fourth-order valence-corrected chi connectivity index (χ4v) is 2.03. The molecule has 0 spiro atoms. The summed E-state index contributed by atoms with van der Waals surface area (Å²) in [6, 6.07) is 0. The first-order chi connectivity index (χ1) is 6.56. The molecule has 0 saturated carbocycles. The van der Waals surface area contributed by atoms with Crippen LogP contribution in [0.1, 0.15) is 46.5 Å². The highest BCUT2D eigenvalue weighted by Crippen LogP contribution is 2.17. The fourth-order valence-electron chi connectivity index (χ4n) is 1.08. The van der Waals surface area contributed by atoms with Crippen LogP contribution in [0.4, 0.5) is 0 Å². The van der Waals surface area contributed by atoms with E-state index in [2.05, 4.69) is 48.6 Å². The van der Waals surface area contributed by atoms with Crippen molar-refractivity contribution in [3.8, 4) is 0 Å². The summed E-state index contributed by atoms with van der Waals surface area (Å²) in [7, 11) is 0. The summed E-state index contributed by atoms with van der Waals surface area (Å²) in [5, 5.41) is 0.288. The second kappa shape index (κ2) is 8.78. The molecular weight excluding hydrogens is 306 g/mol. The van der Waals surface area contributed by atoms with Crippen LogP contribution < -0.4 is 0 Å². The van der Waals surface area contributed by atoms with Gasteiger partial charge in [-0.15, -0.1) is 11.6 Å². The second-order valence-corrected chi connectivity index (χ2v) is 5.68. The van der Waals surface area contributed by atoms with Crippen LogP contribution in [0.2, 0.25) is 0 Å². The molecule has 2 heteroatoms. The molecule has 0 nitrogen and oxygen atoms in total. The van der Waals surface area contributed by atoms with Crippen molar-refractivity contribution in [2.45, 2.75) is 51.8 Å². The third kappa shape index (κ3) is 9.07. The number of halogens is 2. The molecule has 0 aromatic rings. The van der Waals surface area contributed by atoms with Crippen molar-refractivity contribution < 1.29 is 0 Å². The van der Waals surface area contributed by atoms with Crippen LogP contribution in [0, 0.1) is 0 Å². The molecule has 0 bridgehead atoms. The van der Waals surface area contributed by atoms with Gasteiger partial charge >= 0.3 is 0 Å². The minimum Gasteiger partial charge on any atom is -0.123 e. The molecule has 0 N–H and O–H groups in total. The highest BCUT2D eigenvalue weighted by atomic mass is 127. The molecule has 0 fully saturated rings. The Labute approximate surface area is 107 Å². The zero-order valence-electron chi connectivity index (χ0n) is 9.32. The highest BCUT2D eigenvalue weighted by molar-refractivity contribution is 14.1. The molecule has 14 heavy (non-hydrogen) atoms. The van der Waals surface area contributed by atoms with Gasteiger partial charge in [-0.3, -0.25) is 0 Å². The van der Waals surface area contributed by atoms with E-state index < -0.39 is 0 Å². The van der Waals surface area contributed by atoms with Crippen LogP contribution in [-0.2, 0) is 0 Å². The Hall–Kier alpha value is 0.500. The van der Waals surface area contributed by atoms with E-state index in [1.54, 1.807) is 0 Å². The van der Waals surface area contributed by atoms with Gasteiger partial charge in [-0.2, -0.15) is 0 Å². The van der Waals surface area contributed by atoms with Crippen molar-refractivity contribution in [3.05, 3.63) is 21.3 Å². The Balaban J connectivity index is 3.95. The van der Waals surface area contributed by atoms with E-state index in [1.807, 2.05) is 6.92 Å². The summed E-state index contributed by atoms with van der Waals surface area (Å²) < 4.78 is 1.35. The molecule has 0 heterocycles. The van der Waals surface area contributed by atoms with E-state index >= 15 is 0 Å². The van der Waals surface area contributed by atoms with Crippen LogP contribution in [0.25, 0.3) is 0 Å². The van der Waals surface area contributed by atoms with Gasteiger partial charge in [-0.25, -0.2) is 0 Å². The van der Waals surface area contributed by atoms with Crippen LogP contribution in [0.5, 0.6) is 0 Å². The molecule has 1 atom stereocenters. The first-order valence-corrected chi connectivity index (χ1v) is 6.74. The summed E-state index contributed by atoms with van der Waals surface area (Å²) in [5.74, 6) is 0. The average Bonchev–Trinajstić information content (AvgIpc) is 2.11. The number of unbranched alkanes of at least 4 members (excludes halogenated alkanes) is 1. The van der Waals surface area contributed by atoms with Gasteiger partial charge < -0.3 is 0 Å². The van der Waals surface area contributed by atoms with Crippen molar-refractivity contribution in [2.24, 2.45) is 0 Å². The van der Waals surface area contributed by atoms with Crippen molar-refractivity contribution in [1.29, 1.82) is 0 Å². The molecule has 0 rings (SSSR count). The molecule has 0 aromatic heterocycles. The van der Waals surface area contributed by atoms with Gasteiger partial charge in [0.05, 0.1) is 0 Å². The first kappa shape index (κ1) is 14.5. The van der Waals surface area contributed by atoms with Crippen LogP contribution in [0.3, 0.4) is 0 Å². The number of allylic oxidation sites excluding steroid dienone is 4. The lowest BCUT2D eigenvalue weighted by Gasteiger charge is -2.03. The monoisotopic (exact) mass is 326 g/mol. The Bertz CT molecular complexity index is 204. The van der Waals surface area contributed by atoms with E-state index in [0.717, 1.165) is 12.8 Å². The molecule has 0 aliphatic heterocycles. The molecule has 0 radical (unpaired) electrons. The zero-order chi connectivity index (χ0) is 11.0. The normalized spacial score (nSPS) is 15.8. The first-order valence-electron chi connectivity index (χ1n) is 5.23. The maximum absolute atomic E-state index is 5.90. The lowest BCUT2D eigenvalue weighted by molar-refractivity contribution is 0.795. The van der Waals surface area contributed by atoms with Gasteiger partial charge in [-0.05, 0) is 55.7 Å². The standard InChI is InChI=1S/C12H20ClI/c1-4-5-6-12(14)9-10(2)7-8-11(3)13/h6,9,11H,4-5,7-8H2,1-3H3/b10-9+,12-6+. The van der Waals surface area contributed by atoms with Crippen molar-refractivity contribution >= 4 is 34.2 Å². The van der Waals surface area contributed by atoms with E-state index in [1.165, 1.54) is 22.0 Å². The summed E-state index contributed by atoms with van der Waals surface area (Å²) in [4.78, 5) is 0. The lowest BCUT2D eigenvalue weighted by atomic mass is 10.1. The summed E-state index contributed by atoms with van der Waals surface area (Å²) >= 11 is 8.29. The van der Waals surface area contributed by atoms with Crippen LogP contribution in [0.15, 0.2) is 21.3 Å². The van der Waals surface area contributed by atoms with Crippen molar-refractivity contribution in [1.82, 2.24) is 0 Å². The molecule has 0 amide bonds. The summed E-state index contributed by atoms with van der Waals surface area (Å²) in [5.41, 5.74) is 1.43. The van der Waals surface area contributed by atoms with Gasteiger partial charge in [0.25, 0.3) is 0 Å². The van der Waals surface area contributed by atoms with Gasteiger partial charge in [0, 0.05) is 8.96 Å². The average molecular weight is 327 g/mol. The third-order valence-electron chi connectivity index (χ3n) is 1.95. The van der Waals surface area contributed by atoms with E-state index in [4.69, 9.17) is 11.6 Å². The molecule has 0 aromatic carbocycles. The van der Waals surface area contributed by atoms with E-state index in [-0.39, 0.29) is 5.38 Å². The Kier molecular flexibility index (Phi) is 9.09. The quantitative estimate of drug-likeness (QED) is 0.345. The fraction of sp³-hybridized carbons (Fsp3) is 0.667. The topological polar surface area (TPSA) is 0 Å². The van der Waals surface area contributed by atoms with E-state index in [0.29, 0.717) is 0 Å². The maximum Gasteiger partial charge on any atom is 0.0310 e. The highest BCUT2D eigenvalue weighted by Gasteiger charge is 1.97. The van der Waals surface area contributed by atoms with Gasteiger partial charge in [0.15, 0.2) is 0 Å². The lowest BCUT2D eigenvalue weighted by Crippen LogP contribution is -1.90. The maximum atomic E-state index is 5.90.